The molecule has 0 aromatic heterocycles. The molecular weight excluding hydrogens is 62.8 g/mol. The summed E-state index contributed by atoms with van der Waals surface area (Å²) < 4.78 is 0. The Balaban J connectivity index is 2.40. The van der Waals surface area contributed by atoms with Crippen LogP contribution < -0.4 is 0 Å². The van der Waals surface area contributed by atoms with Crippen LogP contribution in [0.2, 0.25) is 6.32 Å². The highest BCUT2D eigenvalue weighted by Crippen LogP contribution is 1.62. The molecule has 0 fully saturated rings. The molecule has 0 bridgehead atoms. The molecule has 0 radical (unpaired) electrons. The fraction of sp³-hybridized carbons (Fsp3) is 0.667. The first-order valence-electron chi connectivity index (χ1n) is 1.85. The van der Waals surface area contributed by atoms with Crippen molar-refractivity contribution < 1.29 is 4.79 Å². The number of hydrogen-bond donors (Lipinski definition) is 0. The van der Waals surface area contributed by atoms with Gasteiger partial charge in [-0.1, -0.05) is 13.2 Å². The molecule has 0 aliphatic rings. The van der Waals surface area contributed by atoms with Crippen LogP contribution in [0.3, 0.4) is 0 Å². The molecule has 1 nitrogen and oxygen atoms in total. The monoisotopic (exact) mass is 70.1 g/mol. The molecule has 0 spiro atoms. The van der Waals surface area contributed by atoms with Gasteiger partial charge in [0.2, 0.25) is 7.28 Å². The van der Waals surface area contributed by atoms with Gasteiger partial charge in [-0.2, -0.15) is 0 Å². The molecule has 0 heterocycles. The molecular formula is C3H7BO. The van der Waals surface area contributed by atoms with Crippen molar-refractivity contribution >= 4 is 13.5 Å². The zero-order chi connectivity index (χ0) is 4.12. The van der Waals surface area contributed by atoms with Crippen molar-refractivity contribution in [2.75, 3.05) is 0 Å². The molecule has 0 aromatic rings. The molecule has 0 unspecified atom stereocenters. The van der Waals surface area contributed by atoms with Crippen LogP contribution >= 0.6 is 0 Å². The average Bonchev–Trinajstić information content (AvgIpc) is 1.41. The largest absolute Gasteiger partial charge is 0.315 e. The highest BCUT2D eigenvalue weighted by Gasteiger charge is 1.72. The molecule has 28 valence electrons. The smallest absolute Gasteiger partial charge is 0.200 e. The van der Waals surface area contributed by atoms with Crippen LogP contribution in [-0.2, 0) is 4.79 Å². The highest BCUT2D eigenvalue weighted by molar-refractivity contribution is 6.66. The second-order valence-electron chi connectivity index (χ2n) is 0.955. The lowest BCUT2D eigenvalue weighted by Crippen LogP contribution is -1.83. The van der Waals surface area contributed by atoms with Crippen molar-refractivity contribution in [1.82, 2.24) is 0 Å². The summed E-state index contributed by atoms with van der Waals surface area (Å²) in [4.78, 5) is 9.40. The van der Waals surface area contributed by atoms with Crippen molar-refractivity contribution in [3.05, 3.63) is 0 Å². The summed E-state index contributed by atoms with van der Waals surface area (Å²) in [6, 6.07) is 0. The summed E-state index contributed by atoms with van der Waals surface area (Å²) in [5, 5.41) is 0. The summed E-state index contributed by atoms with van der Waals surface area (Å²) in [7, 11) is 0.708. The molecule has 0 aromatic carbocycles. The lowest BCUT2D eigenvalue weighted by Gasteiger charge is -1.63. The third-order valence-electron chi connectivity index (χ3n) is 0.407. The SMILES string of the molecule is CCBC=O. The molecule has 2 heteroatoms. The van der Waals surface area contributed by atoms with Crippen molar-refractivity contribution in [3.8, 4) is 0 Å². The molecule has 0 amide bonds. The second kappa shape index (κ2) is 3.73. The van der Waals surface area contributed by atoms with Crippen LogP contribution in [0, 0.1) is 0 Å². The maximum Gasteiger partial charge on any atom is 0.200 e. The summed E-state index contributed by atoms with van der Waals surface area (Å²) >= 11 is 0. The van der Waals surface area contributed by atoms with Crippen molar-refractivity contribution in [1.29, 1.82) is 0 Å². The van der Waals surface area contributed by atoms with Crippen LogP contribution in [0.15, 0.2) is 0 Å². The van der Waals surface area contributed by atoms with Gasteiger partial charge in [-0.3, -0.25) is 0 Å². The van der Waals surface area contributed by atoms with Crippen LogP contribution in [0.1, 0.15) is 6.92 Å². The van der Waals surface area contributed by atoms with Gasteiger partial charge in [-0.25, -0.2) is 0 Å². The molecule has 0 N–H and O–H groups in total. The van der Waals surface area contributed by atoms with Gasteiger partial charge >= 0.3 is 0 Å². The minimum absolute atomic E-state index is 0.708. The lowest BCUT2D eigenvalue weighted by atomic mass is 9.78. The average molecular weight is 69.9 g/mol. The Bertz CT molecular complexity index is 28.1. The summed E-state index contributed by atoms with van der Waals surface area (Å²) in [6.45, 7) is 1.98. The van der Waals surface area contributed by atoms with Gasteiger partial charge in [0.15, 0.2) is 0 Å². The molecule has 5 heavy (non-hydrogen) atoms. The van der Waals surface area contributed by atoms with Crippen LogP contribution in [0.25, 0.3) is 0 Å². The first-order valence-corrected chi connectivity index (χ1v) is 1.85. The Morgan fingerprint density at radius 3 is 2.60 bits per heavy atom. The Kier molecular flexibility index (Phi) is 3.54. The van der Waals surface area contributed by atoms with Crippen LogP contribution in [-0.4, -0.2) is 13.5 Å². The van der Waals surface area contributed by atoms with E-state index in [4.69, 9.17) is 0 Å². The fourth-order valence-corrected chi connectivity index (χ4v) is 0.118. The zero-order valence-electron chi connectivity index (χ0n) is 3.40. The van der Waals surface area contributed by atoms with Gasteiger partial charge < -0.3 is 4.79 Å². The summed E-state index contributed by atoms with van der Waals surface area (Å²) in [5.41, 5.74) is 0. The topological polar surface area (TPSA) is 17.1 Å². The van der Waals surface area contributed by atoms with Crippen molar-refractivity contribution in [2.45, 2.75) is 13.2 Å². The quantitative estimate of drug-likeness (QED) is 0.331. The van der Waals surface area contributed by atoms with Gasteiger partial charge in [0.1, 0.15) is 0 Å². The molecule has 0 saturated carbocycles. The highest BCUT2D eigenvalue weighted by atomic mass is 16.1. The van der Waals surface area contributed by atoms with E-state index in [0.717, 1.165) is 12.5 Å². The first kappa shape index (κ1) is 4.73. The van der Waals surface area contributed by atoms with E-state index in [9.17, 15) is 4.79 Å². The van der Waals surface area contributed by atoms with Gasteiger partial charge in [-0.05, 0) is 0 Å². The Morgan fingerprint density at radius 2 is 2.60 bits per heavy atom. The van der Waals surface area contributed by atoms with E-state index >= 15 is 0 Å². The standard InChI is InChI=1S/C3H7BO/c1-2-4-3-5/h3-4H,2H2,1H3. The second-order valence-corrected chi connectivity index (χ2v) is 0.955. The minimum Gasteiger partial charge on any atom is -0.315 e. The van der Waals surface area contributed by atoms with E-state index in [1.54, 1.807) is 0 Å². The maximum absolute atomic E-state index is 9.40. The number of rotatable bonds is 2. The van der Waals surface area contributed by atoms with Gasteiger partial charge in [0.05, 0.1) is 6.19 Å². The van der Waals surface area contributed by atoms with Gasteiger partial charge in [-0.15, -0.1) is 0 Å². The molecule has 0 aliphatic heterocycles. The number of hydrogen-bond acceptors (Lipinski definition) is 1. The normalized spacial score (nSPS) is 6.60. The number of carbonyl (C=O) groups is 1. The molecule has 0 aliphatic carbocycles. The Labute approximate surface area is 32.6 Å². The van der Waals surface area contributed by atoms with E-state index in [2.05, 4.69) is 0 Å². The van der Waals surface area contributed by atoms with Gasteiger partial charge in [0.25, 0.3) is 0 Å². The predicted octanol–water partition coefficient (Wildman–Crippen LogP) is 0.0513. The maximum atomic E-state index is 9.40. The molecule has 0 atom stereocenters. The van der Waals surface area contributed by atoms with E-state index in [1.165, 1.54) is 0 Å². The predicted molar refractivity (Wildman–Crippen MR) is 24.4 cm³/mol. The number of carbonyl (C=O) groups excluding carboxylic acids is 1. The van der Waals surface area contributed by atoms with Crippen molar-refractivity contribution in [3.63, 3.8) is 0 Å². The molecule has 0 saturated heterocycles. The van der Waals surface area contributed by atoms with E-state index in [-0.39, 0.29) is 0 Å². The summed E-state index contributed by atoms with van der Waals surface area (Å²) in [5.74, 6) is 0. The Hall–Kier alpha value is -0.265. The minimum atomic E-state index is 0.708. The third kappa shape index (κ3) is 3.73. The van der Waals surface area contributed by atoms with Crippen LogP contribution in [0.4, 0.5) is 0 Å². The lowest BCUT2D eigenvalue weighted by molar-refractivity contribution is 0.568. The van der Waals surface area contributed by atoms with Gasteiger partial charge in [0, 0.05) is 0 Å². The van der Waals surface area contributed by atoms with Crippen LogP contribution in [0.5, 0.6) is 0 Å². The van der Waals surface area contributed by atoms with E-state index < -0.39 is 0 Å². The Morgan fingerprint density at radius 1 is 2.00 bits per heavy atom. The first-order chi connectivity index (χ1) is 2.41. The van der Waals surface area contributed by atoms with E-state index in [0.29, 0.717) is 7.28 Å². The van der Waals surface area contributed by atoms with E-state index in [1.807, 2.05) is 6.92 Å². The zero-order valence-corrected chi connectivity index (χ0v) is 3.40. The molecule has 0 rings (SSSR count). The van der Waals surface area contributed by atoms with Crippen molar-refractivity contribution in [2.24, 2.45) is 0 Å². The fourth-order valence-electron chi connectivity index (χ4n) is 0.118. The third-order valence-corrected chi connectivity index (χ3v) is 0.407. The summed E-state index contributed by atoms with van der Waals surface area (Å²) in [6.07, 6.45) is 1.91.